The molecule has 35 heavy (non-hydrogen) atoms. The highest BCUT2D eigenvalue weighted by Crippen LogP contribution is 2.28. The van der Waals surface area contributed by atoms with Gasteiger partial charge in [-0.25, -0.2) is 0 Å². The van der Waals surface area contributed by atoms with Crippen LogP contribution in [0.15, 0.2) is 60.7 Å². The molecule has 0 radical (unpaired) electrons. The summed E-state index contributed by atoms with van der Waals surface area (Å²) in [6, 6.07) is 23.6. The normalized spacial score (nSPS) is 13.5. The van der Waals surface area contributed by atoms with E-state index in [1.54, 1.807) is 0 Å². The van der Waals surface area contributed by atoms with Gasteiger partial charge in [-0.3, -0.25) is 9.80 Å². The van der Waals surface area contributed by atoms with E-state index in [1.807, 2.05) is 0 Å². The molecule has 3 rings (SSSR count). The summed E-state index contributed by atoms with van der Waals surface area (Å²) in [6.07, 6.45) is 5.27. The van der Waals surface area contributed by atoms with Gasteiger partial charge < -0.3 is 10.6 Å². The Bertz CT molecular complexity index is 743. The number of benzene rings is 2. The molecule has 4 heteroatoms. The first-order chi connectivity index (χ1) is 17.0. The highest BCUT2D eigenvalue weighted by molar-refractivity contribution is 5.15. The van der Waals surface area contributed by atoms with E-state index in [-0.39, 0.29) is 0 Å². The minimum Gasteiger partial charge on any atom is -0.317 e. The molecule has 0 bridgehead atoms. The van der Waals surface area contributed by atoms with Crippen LogP contribution in [-0.4, -0.2) is 60.6 Å². The van der Waals surface area contributed by atoms with E-state index in [4.69, 9.17) is 0 Å². The van der Waals surface area contributed by atoms with Crippen LogP contribution in [0.4, 0.5) is 0 Å². The molecule has 0 spiro atoms. The van der Waals surface area contributed by atoms with Gasteiger partial charge in [0.25, 0.3) is 0 Å². The van der Waals surface area contributed by atoms with Crippen LogP contribution in [-0.2, 0) is 13.1 Å². The van der Waals surface area contributed by atoms with E-state index in [0.29, 0.717) is 12.1 Å². The molecule has 1 fully saturated rings. The lowest BCUT2D eigenvalue weighted by Gasteiger charge is -2.26. The van der Waals surface area contributed by atoms with Crippen LogP contribution in [0.5, 0.6) is 0 Å². The first kappa shape index (κ1) is 29.5. The van der Waals surface area contributed by atoms with Gasteiger partial charge in [-0.15, -0.1) is 0 Å². The van der Waals surface area contributed by atoms with Crippen molar-refractivity contribution in [3.05, 3.63) is 71.8 Å². The Hall–Kier alpha value is -1.72. The summed E-state index contributed by atoms with van der Waals surface area (Å²) >= 11 is 0. The smallest absolute Gasteiger partial charge is 0.0236 e. The first-order valence-electron chi connectivity index (χ1n) is 14.0. The molecule has 0 aromatic heterocycles. The summed E-state index contributed by atoms with van der Waals surface area (Å²) < 4.78 is 0. The fourth-order valence-corrected chi connectivity index (χ4v) is 4.24. The maximum atomic E-state index is 3.48. The summed E-state index contributed by atoms with van der Waals surface area (Å²) in [4.78, 5) is 5.18. The predicted octanol–water partition coefficient (Wildman–Crippen LogP) is 5.94. The van der Waals surface area contributed by atoms with Gasteiger partial charge in [0.15, 0.2) is 0 Å². The average molecular weight is 481 g/mol. The van der Waals surface area contributed by atoms with Gasteiger partial charge >= 0.3 is 0 Å². The van der Waals surface area contributed by atoms with Crippen molar-refractivity contribution in [2.75, 3.05) is 32.7 Å². The quantitative estimate of drug-likeness (QED) is 0.291. The number of hydrogen-bond donors (Lipinski definition) is 2. The van der Waals surface area contributed by atoms with Crippen molar-refractivity contribution in [2.24, 2.45) is 0 Å². The zero-order chi connectivity index (χ0) is 25.3. The Labute approximate surface area is 216 Å². The molecule has 0 unspecified atom stereocenters. The maximum absolute atomic E-state index is 3.48. The van der Waals surface area contributed by atoms with Gasteiger partial charge in [0, 0.05) is 31.2 Å². The molecule has 1 saturated carbocycles. The molecular formula is C31H52N4. The number of hydrogen-bond acceptors (Lipinski definition) is 4. The lowest BCUT2D eigenvalue weighted by Crippen LogP contribution is -2.34. The van der Waals surface area contributed by atoms with E-state index >= 15 is 0 Å². The molecule has 0 saturated heterocycles. The van der Waals surface area contributed by atoms with Crippen LogP contribution in [0.3, 0.4) is 0 Å². The Morgan fingerprint density at radius 2 is 1.34 bits per heavy atom. The second kappa shape index (κ2) is 17.7. The van der Waals surface area contributed by atoms with Crippen molar-refractivity contribution >= 4 is 0 Å². The fourth-order valence-electron chi connectivity index (χ4n) is 4.24. The van der Waals surface area contributed by atoms with Gasteiger partial charge in [0.05, 0.1) is 0 Å². The Kier molecular flexibility index (Phi) is 14.9. The first-order valence-corrected chi connectivity index (χ1v) is 14.0. The third-order valence-electron chi connectivity index (χ3n) is 6.47. The zero-order valence-electron chi connectivity index (χ0n) is 23.2. The highest BCUT2D eigenvalue weighted by atomic mass is 15.2. The Balaban J connectivity index is 0.000000247. The zero-order valence-corrected chi connectivity index (χ0v) is 23.2. The molecule has 0 atom stereocenters. The average Bonchev–Trinajstić information content (AvgIpc) is 3.70. The second-order valence-corrected chi connectivity index (χ2v) is 10.4. The van der Waals surface area contributed by atoms with Crippen LogP contribution in [0.2, 0.25) is 0 Å². The molecule has 2 aromatic rings. The minimum absolute atomic E-state index is 0.589. The van der Waals surface area contributed by atoms with E-state index in [1.165, 1.54) is 43.4 Å². The van der Waals surface area contributed by atoms with E-state index in [0.717, 1.165) is 45.3 Å². The molecule has 0 amide bonds. The lowest BCUT2D eigenvalue weighted by molar-refractivity contribution is 0.209. The van der Waals surface area contributed by atoms with Crippen LogP contribution >= 0.6 is 0 Å². The van der Waals surface area contributed by atoms with Crippen molar-refractivity contribution in [1.82, 2.24) is 20.4 Å². The number of rotatable bonds is 16. The summed E-state index contributed by atoms with van der Waals surface area (Å²) in [5.74, 6) is 0. The summed E-state index contributed by atoms with van der Waals surface area (Å²) in [5, 5.41) is 6.88. The SMILES string of the molecule is CC(C)NCCCN(Cc1ccccc1)C(C)C.CCNCCCN(Cc1ccccc1)C1CC1. The van der Waals surface area contributed by atoms with E-state index in [2.05, 4.69) is 116 Å². The van der Waals surface area contributed by atoms with Crippen molar-refractivity contribution in [3.8, 4) is 0 Å². The maximum Gasteiger partial charge on any atom is 0.0236 e. The molecular weight excluding hydrogens is 428 g/mol. The van der Waals surface area contributed by atoms with Crippen LogP contribution in [0.25, 0.3) is 0 Å². The standard InChI is InChI=1S/C16H28N2.C15H24N2/c1-14(2)17-11-8-12-18(15(3)4)13-16-9-6-5-7-10-16;1-2-16-11-6-12-17(15-9-10-15)13-14-7-4-3-5-8-14/h5-7,9-10,14-15,17H,8,11-13H2,1-4H3;3-5,7-8,15-16H,2,6,9-13H2,1H3. The molecule has 4 nitrogen and oxygen atoms in total. The van der Waals surface area contributed by atoms with E-state index in [9.17, 15) is 0 Å². The third kappa shape index (κ3) is 13.8. The molecule has 1 aliphatic rings. The number of nitrogens with zero attached hydrogens (tertiary/aromatic N) is 2. The van der Waals surface area contributed by atoms with E-state index < -0.39 is 0 Å². The van der Waals surface area contributed by atoms with Crippen molar-refractivity contribution in [1.29, 1.82) is 0 Å². The van der Waals surface area contributed by atoms with Gasteiger partial charge in [0.2, 0.25) is 0 Å². The van der Waals surface area contributed by atoms with Crippen molar-refractivity contribution in [3.63, 3.8) is 0 Å². The van der Waals surface area contributed by atoms with Crippen LogP contribution in [0.1, 0.15) is 71.4 Å². The van der Waals surface area contributed by atoms with Gasteiger partial charge in [0.1, 0.15) is 0 Å². The second-order valence-electron chi connectivity index (χ2n) is 10.4. The lowest BCUT2D eigenvalue weighted by atomic mass is 10.2. The minimum atomic E-state index is 0.589. The van der Waals surface area contributed by atoms with Crippen LogP contribution in [0, 0.1) is 0 Å². The third-order valence-corrected chi connectivity index (χ3v) is 6.47. The summed E-state index contributed by atoms with van der Waals surface area (Å²) in [5.41, 5.74) is 2.85. The molecule has 2 aromatic carbocycles. The predicted molar refractivity (Wildman–Crippen MR) is 153 cm³/mol. The molecule has 2 N–H and O–H groups in total. The van der Waals surface area contributed by atoms with Gasteiger partial charge in [-0.1, -0.05) is 81.4 Å². The Morgan fingerprint density at radius 3 is 1.86 bits per heavy atom. The van der Waals surface area contributed by atoms with Gasteiger partial charge in [-0.2, -0.15) is 0 Å². The summed E-state index contributed by atoms with van der Waals surface area (Å²) in [7, 11) is 0. The van der Waals surface area contributed by atoms with Crippen molar-refractivity contribution in [2.45, 2.75) is 91.5 Å². The fraction of sp³-hybridized carbons (Fsp3) is 0.613. The Morgan fingerprint density at radius 1 is 0.771 bits per heavy atom. The van der Waals surface area contributed by atoms with Gasteiger partial charge in [-0.05, 0) is 83.4 Å². The largest absolute Gasteiger partial charge is 0.317 e. The molecule has 196 valence electrons. The highest BCUT2D eigenvalue weighted by Gasteiger charge is 2.28. The summed E-state index contributed by atoms with van der Waals surface area (Å²) in [6.45, 7) is 19.0. The molecule has 1 aliphatic carbocycles. The monoisotopic (exact) mass is 480 g/mol. The number of nitrogens with one attached hydrogen (secondary N) is 2. The molecule has 0 heterocycles. The van der Waals surface area contributed by atoms with Crippen LogP contribution < -0.4 is 10.6 Å². The molecule has 0 aliphatic heterocycles. The topological polar surface area (TPSA) is 30.5 Å². The van der Waals surface area contributed by atoms with Crippen molar-refractivity contribution < 1.29 is 0 Å².